The Balaban J connectivity index is 0.00000200. The van der Waals surface area contributed by atoms with Gasteiger partial charge in [0.15, 0.2) is 0 Å². The quantitative estimate of drug-likeness (QED) is 0.928. The summed E-state index contributed by atoms with van der Waals surface area (Å²) in [6.07, 6.45) is -0.0324. The van der Waals surface area contributed by atoms with Crippen LogP contribution in [0.5, 0.6) is 0 Å². The number of rotatable bonds is 3. The Hall–Kier alpha value is -1.10. The minimum atomic E-state index is -0.251. The molecule has 0 aliphatic carbocycles. The van der Waals surface area contributed by atoms with Crippen molar-refractivity contribution in [2.45, 2.75) is 25.5 Å². The highest BCUT2D eigenvalue weighted by molar-refractivity contribution is 5.85. The zero-order valence-corrected chi connectivity index (χ0v) is 13.1. The number of nitrogens with one attached hydrogen (secondary N) is 1. The van der Waals surface area contributed by atoms with E-state index in [2.05, 4.69) is 5.32 Å². The van der Waals surface area contributed by atoms with Gasteiger partial charge in [-0.05, 0) is 26.5 Å². The minimum absolute atomic E-state index is 0. The Morgan fingerprint density at radius 1 is 1.40 bits per heavy atom. The number of nitrogens with zero attached hydrogens (tertiary/aromatic N) is 1. The van der Waals surface area contributed by atoms with Gasteiger partial charge in [0.1, 0.15) is 6.10 Å². The van der Waals surface area contributed by atoms with Gasteiger partial charge in [0.05, 0.1) is 25.2 Å². The van der Waals surface area contributed by atoms with E-state index < -0.39 is 0 Å². The lowest BCUT2D eigenvalue weighted by Gasteiger charge is -2.45. The Morgan fingerprint density at radius 3 is 2.65 bits per heavy atom. The van der Waals surface area contributed by atoms with Crippen LogP contribution in [0.4, 0.5) is 0 Å². The molecule has 20 heavy (non-hydrogen) atoms. The Labute approximate surface area is 126 Å². The van der Waals surface area contributed by atoms with Crippen LogP contribution in [-0.2, 0) is 9.53 Å². The number of ether oxygens (including phenoxy) is 1. The second-order valence-electron chi connectivity index (χ2n) is 5.56. The number of carbonyl (C=O) groups is 1. The van der Waals surface area contributed by atoms with Crippen molar-refractivity contribution < 1.29 is 9.53 Å². The number of likely N-dealkylation sites (N-methyl/N-ethyl adjacent to an activating group) is 1. The van der Waals surface area contributed by atoms with Gasteiger partial charge in [0, 0.05) is 0 Å². The summed E-state index contributed by atoms with van der Waals surface area (Å²) < 4.78 is 5.92. The average Bonchev–Trinajstić information content (AvgIpc) is 2.39. The maximum atomic E-state index is 12.2. The van der Waals surface area contributed by atoms with Gasteiger partial charge in [-0.2, -0.15) is 0 Å². The molecule has 5 heteroatoms. The summed E-state index contributed by atoms with van der Waals surface area (Å²) in [5.74, 6) is 0.122. The van der Waals surface area contributed by atoms with E-state index in [1.165, 1.54) is 0 Å². The number of hydrogen-bond acceptors (Lipinski definition) is 3. The molecule has 112 valence electrons. The van der Waals surface area contributed by atoms with E-state index in [9.17, 15) is 4.79 Å². The highest BCUT2D eigenvalue weighted by Gasteiger charge is 2.38. The number of carbonyl (C=O) groups excluding carboxylic acids is 1. The molecule has 1 aromatic rings. The first-order valence-corrected chi connectivity index (χ1v) is 6.66. The molecule has 1 fully saturated rings. The Kier molecular flexibility index (Phi) is 5.99. The summed E-state index contributed by atoms with van der Waals surface area (Å²) in [6.45, 7) is 5.62. The predicted octanol–water partition coefficient (Wildman–Crippen LogP) is 2.01. The van der Waals surface area contributed by atoms with E-state index in [1.807, 2.05) is 49.1 Å². The van der Waals surface area contributed by atoms with Crippen molar-refractivity contribution >= 4 is 18.3 Å². The predicted molar refractivity (Wildman–Crippen MR) is 82.1 cm³/mol. The van der Waals surface area contributed by atoms with Crippen LogP contribution in [0.2, 0.25) is 0 Å². The van der Waals surface area contributed by atoms with Gasteiger partial charge in [-0.1, -0.05) is 30.3 Å². The normalized spacial score (nSPS) is 21.1. The van der Waals surface area contributed by atoms with Crippen LogP contribution < -0.4 is 5.32 Å². The molecular formula is C15H23ClN2O2. The first-order valence-electron chi connectivity index (χ1n) is 6.66. The molecule has 0 bridgehead atoms. The SMILES string of the molecule is CNCC(=O)N1CC(c2ccccc2)OCC1(C)C.Cl. The number of halogens is 1. The molecule has 0 radical (unpaired) electrons. The first kappa shape index (κ1) is 17.0. The summed E-state index contributed by atoms with van der Waals surface area (Å²) >= 11 is 0. The number of hydrogen-bond donors (Lipinski definition) is 1. The van der Waals surface area contributed by atoms with E-state index in [-0.39, 0.29) is 30.0 Å². The molecule has 1 N–H and O–H groups in total. The largest absolute Gasteiger partial charge is 0.369 e. The second-order valence-corrected chi connectivity index (χ2v) is 5.56. The van der Waals surface area contributed by atoms with Crippen LogP contribution in [0.25, 0.3) is 0 Å². The molecule has 0 spiro atoms. The fourth-order valence-electron chi connectivity index (χ4n) is 2.40. The van der Waals surface area contributed by atoms with Gasteiger partial charge in [0.2, 0.25) is 5.91 Å². The minimum Gasteiger partial charge on any atom is -0.369 e. The standard InChI is InChI=1S/C15H22N2O2.ClH/c1-15(2)11-19-13(12-7-5-4-6-8-12)10-17(15)14(18)9-16-3;/h4-8,13,16H,9-11H2,1-3H3;1H. The molecular weight excluding hydrogens is 276 g/mol. The molecule has 1 amide bonds. The summed E-state index contributed by atoms with van der Waals surface area (Å²) in [5.41, 5.74) is 0.874. The fourth-order valence-corrected chi connectivity index (χ4v) is 2.40. The van der Waals surface area contributed by atoms with Gasteiger partial charge in [-0.3, -0.25) is 4.79 Å². The van der Waals surface area contributed by atoms with E-state index in [4.69, 9.17) is 4.74 Å². The molecule has 0 aromatic heterocycles. The average molecular weight is 299 g/mol. The van der Waals surface area contributed by atoms with Crippen molar-refractivity contribution in [3.05, 3.63) is 35.9 Å². The maximum absolute atomic E-state index is 12.2. The van der Waals surface area contributed by atoms with E-state index in [0.29, 0.717) is 19.7 Å². The Morgan fingerprint density at radius 2 is 2.05 bits per heavy atom. The van der Waals surface area contributed by atoms with Crippen LogP contribution >= 0.6 is 12.4 Å². The Bertz CT molecular complexity index is 437. The van der Waals surface area contributed by atoms with Crippen LogP contribution in [0.1, 0.15) is 25.5 Å². The molecule has 4 nitrogen and oxygen atoms in total. The van der Waals surface area contributed by atoms with Crippen molar-refractivity contribution in [1.29, 1.82) is 0 Å². The summed E-state index contributed by atoms with van der Waals surface area (Å²) in [6, 6.07) is 10.1. The maximum Gasteiger partial charge on any atom is 0.237 e. The van der Waals surface area contributed by atoms with Gasteiger partial charge >= 0.3 is 0 Å². The molecule has 1 atom stereocenters. The monoisotopic (exact) mass is 298 g/mol. The number of morpholine rings is 1. The first-order chi connectivity index (χ1) is 9.04. The summed E-state index contributed by atoms with van der Waals surface area (Å²) in [5, 5.41) is 2.93. The molecule has 1 aromatic carbocycles. The number of amides is 1. The molecule has 1 aliphatic rings. The van der Waals surface area contributed by atoms with Crippen LogP contribution in [0, 0.1) is 0 Å². The molecule has 1 aliphatic heterocycles. The van der Waals surface area contributed by atoms with E-state index >= 15 is 0 Å². The van der Waals surface area contributed by atoms with Crippen LogP contribution in [0.15, 0.2) is 30.3 Å². The molecule has 1 unspecified atom stereocenters. The summed E-state index contributed by atoms with van der Waals surface area (Å²) in [4.78, 5) is 14.1. The highest BCUT2D eigenvalue weighted by Crippen LogP contribution is 2.30. The lowest BCUT2D eigenvalue weighted by Crippen LogP contribution is -2.57. The fraction of sp³-hybridized carbons (Fsp3) is 0.533. The third kappa shape index (κ3) is 3.72. The third-order valence-electron chi connectivity index (χ3n) is 3.52. The van der Waals surface area contributed by atoms with Gasteiger partial charge in [0.25, 0.3) is 0 Å². The van der Waals surface area contributed by atoms with Gasteiger partial charge in [-0.15, -0.1) is 12.4 Å². The topological polar surface area (TPSA) is 41.6 Å². The van der Waals surface area contributed by atoms with Crippen LogP contribution in [-0.4, -0.2) is 43.1 Å². The van der Waals surface area contributed by atoms with Crippen molar-refractivity contribution in [3.8, 4) is 0 Å². The second kappa shape index (κ2) is 7.07. The van der Waals surface area contributed by atoms with Crippen molar-refractivity contribution in [2.24, 2.45) is 0 Å². The summed E-state index contributed by atoms with van der Waals surface area (Å²) in [7, 11) is 1.79. The molecule has 2 rings (SSSR count). The lowest BCUT2D eigenvalue weighted by molar-refractivity contribution is -0.153. The third-order valence-corrected chi connectivity index (χ3v) is 3.52. The van der Waals surface area contributed by atoms with Crippen molar-refractivity contribution in [2.75, 3.05) is 26.7 Å². The van der Waals surface area contributed by atoms with Crippen molar-refractivity contribution in [3.63, 3.8) is 0 Å². The van der Waals surface area contributed by atoms with Gasteiger partial charge < -0.3 is 15.0 Å². The van der Waals surface area contributed by atoms with Gasteiger partial charge in [-0.25, -0.2) is 0 Å². The van der Waals surface area contributed by atoms with E-state index in [1.54, 1.807) is 7.05 Å². The smallest absolute Gasteiger partial charge is 0.237 e. The van der Waals surface area contributed by atoms with Crippen LogP contribution in [0.3, 0.4) is 0 Å². The highest BCUT2D eigenvalue weighted by atomic mass is 35.5. The molecule has 1 heterocycles. The van der Waals surface area contributed by atoms with Crippen molar-refractivity contribution in [1.82, 2.24) is 10.2 Å². The van der Waals surface area contributed by atoms with E-state index in [0.717, 1.165) is 5.56 Å². The molecule has 0 saturated carbocycles. The molecule has 1 saturated heterocycles. The zero-order valence-electron chi connectivity index (χ0n) is 12.3. The zero-order chi connectivity index (χ0) is 13.9. The number of benzene rings is 1. The lowest BCUT2D eigenvalue weighted by atomic mass is 9.98.